The number of rotatable bonds is 4. The van der Waals surface area contributed by atoms with Gasteiger partial charge in [-0.3, -0.25) is 9.59 Å². The molecule has 0 saturated carbocycles. The van der Waals surface area contributed by atoms with E-state index in [0.29, 0.717) is 32.1 Å². The molecule has 0 aromatic rings. The van der Waals surface area contributed by atoms with E-state index in [-0.39, 0.29) is 17.7 Å². The van der Waals surface area contributed by atoms with Gasteiger partial charge in [0.05, 0.1) is 12.5 Å². The number of nitrogens with two attached hydrogens (primary N) is 1. The fourth-order valence-corrected chi connectivity index (χ4v) is 1.62. The monoisotopic (exact) mass is 213 g/mol. The van der Waals surface area contributed by atoms with Crippen molar-refractivity contribution in [1.29, 1.82) is 0 Å². The second-order valence-electron chi connectivity index (χ2n) is 4.26. The molecule has 3 N–H and O–H groups in total. The maximum absolute atomic E-state index is 11.6. The molecule has 0 aliphatic carbocycles. The lowest BCUT2D eigenvalue weighted by Gasteiger charge is -2.17. The minimum Gasteiger partial charge on any atom is -0.369 e. The van der Waals surface area contributed by atoms with Crippen LogP contribution in [-0.2, 0) is 9.59 Å². The van der Waals surface area contributed by atoms with E-state index in [9.17, 15) is 9.59 Å². The van der Waals surface area contributed by atoms with E-state index in [2.05, 4.69) is 5.32 Å². The van der Waals surface area contributed by atoms with Gasteiger partial charge in [0.1, 0.15) is 0 Å². The summed E-state index contributed by atoms with van der Waals surface area (Å²) in [6.07, 6.45) is 0.697. The summed E-state index contributed by atoms with van der Waals surface area (Å²) in [6, 6.07) is 0.295. The Morgan fingerprint density at radius 1 is 1.53 bits per heavy atom. The maximum Gasteiger partial charge on any atom is 0.236 e. The van der Waals surface area contributed by atoms with Gasteiger partial charge in [0, 0.05) is 19.1 Å². The predicted molar refractivity (Wildman–Crippen MR) is 57.0 cm³/mol. The summed E-state index contributed by atoms with van der Waals surface area (Å²) < 4.78 is 0. The minimum absolute atomic E-state index is 0.0486. The number of nitrogens with one attached hydrogen (secondary N) is 1. The number of carbonyl (C=O) groups excluding carboxylic acids is 2. The maximum atomic E-state index is 11.6. The normalized spacial score (nSPS) is 21.0. The quantitative estimate of drug-likeness (QED) is 0.649. The van der Waals surface area contributed by atoms with E-state index in [1.165, 1.54) is 0 Å². The van der Waals surface area contributed by atoms with Gasteiger partial charge in [-0.1, -0.05) is 13.8 Å². The van der Waals surface area contributed by atoms with Crippen LogP contribution in [0.3, 0.4) is 0 Å². The third-order valence-corrected chi connectivity index (χ3v) is 2.60. The zero-order valence-electron chi connectivity index (χ0n) is 9.32. The Kier molecular flexibility index (Phi) is 4.08. The number of nitrogens with zero attached hydrogens (tertiary/aromatic N) is 1. The second-order valence-corrected chi connectivity index (χ2v) is 4.26. The largest absolute Gasteiger partial charge is 0.369 e. The van der Waals surface area contributed by atoms with Crippen LogP contribution in [0.4, 0.5) is 0 Å². The van der Waals surface area contributed by atoms with Gasteiger partial charge in [0.25, 0.3) is 0 Å². The molecule has 1 rings (SSSR count). The van der Waals surface area contributed by atoms with Crippen molar-refractivity contribution in [3.63, 3.8) is 0 Å². The number of likely N-dealkylation sites (tertiary alicyclic amines) is 1. The van der Waals surface area contributed by atoms with Crippen molar-refractivity contribution in [3.8, 4) is 0 Å². The Hall–Kier alpha value is -1.10. The number of primary amides is 1. The molecule has 5 heteroatoms. The Balaban J connectivity index is 2.33. The van der Waals surface area contributed by atoms with Crippen molar-refractivity contribution in [1.82, 2.24) is 10.2 Å². The number of hydrogen-bond donors (Lipinski definition) is 2. The molecule has 1 fully saturated rings. The van der Waals surface area contributed by atoms with Crippen molar-refractivity contribution in [2.24, 2.45) is 11.7 Å². The molecule has 1 heterocycles. The summed E-state index contributed by atoms with van der Waals surface area (Å²) in [5.74, 6) is -0.414. The van der Waals surface area contributed by atoms with Crippen molar-refractivity contribution < 1.29 is 9.59 Å². The first-order valence-corrected chi connectivity index (χ1v) is 5.31. The topological polar surface area (TPSA) is 75.4 Å². The van der Waals surface area contributed by atoms with Crippen LogP contribution >= 0.6 is 0 Å². The van der Waals surface area contributed by atoms with Gasteiger partial charge in [-0.15, -0.1) is 0 Å². The first-order valence-electron chi connectivity index (χ1n) is 5.31. The highest BCUT2D eigenvalue weighted by atomic mass is 16.2. The number of carbonyl (C=O) groups is 2. The zero-order valence-corrected chi connectivity index (χ0v) is 9.32. The van der Waals surface area contributed by atoms with Crippen molar-refractivity contribution in [2.45, 2.75) is 26.3 Å². The van der Waals surface area contributed by atoms with Crippen molar-refractivity contribution >= 4 is 11.8 Å². The Morgan fingerprint density at radius 2 is 2.20 bits per heavy atom. The van der Waals surface area contributed by atoms with Crippen molar-refractivity contribution in [2.75, 3.05) is 19.6 Å². The van der Waals surface area contributed by atoms with E-state index in [4.69, 9.17) is 5.73 Å². The highest BCUT2D eigenvalue weighted by Gasteiger charge is 2.29. The molecular weight excluding hydrogens is 194 g/mol. The van der Waals surface area contributed by atoms with Crippen LogP contribution in [-0.4, -0.2) is 42.4 Å². The summed E-state index contributed by atoms with van der Waals surface area (Å²) in [5.41, 5.74) is 5.19. The molecule has 1 saturated heterocycles. The van der Waals surface area contributed by atoms with Crippen LogP contribution in [0, 0.1) is 5.92 Å². The summed E-state index contributed by atoms with van der Waals surface area (Å²) in [5, 5.41) is 3.06. The van der Waals surface area contributed by atoms with Crippen LogP contribution in [0.1, 0.15) is 20.3 Å². The second kappa shape index (κ2) is 5.11. The molecule has 0 aromatic heterocycles. The molecule has 15 heavy (non-hydrogen) atoms. The van der Waals surface area contributed by atoms with Gasteiger partial charge < -0.3 is 16.0 Å². The van der Waals surface area contributed by atoms with Crippen LogP contribution < -0.4 is 11.1 Å². The standard InChI is InChI=1S/C10H19N3O2/c1-7(2)12-5-9(14)13-4-3-8(6-13)10(11)15/h7-8,12H,3-6H2,1-2H3,(H2,11,15). The lowest BCUT2D eigenvalue weighted by atomic mass is 10.1. The first kappa shape index (κ1) is 12.0. The molecule has 1 atom stereocenters. The first-order chi connectivity index (χ1) is 7.00. The molecule has 1 aliphatic rings. The molecule has 1 unspecified atom stereocenters. The van der Waals surface area contributed by atoms with Gasteiger partial charge in [-0.2, -0.15) is 0 Å². The minimum atomic E-state index is -0.304. The smallest absolute Gasteiger partial charge is 0.236 e. The zero-order chi connectivity index (χ0) is 11.4. The van der Waals surface area contributed by atoms with Gasteiger partial charge in [-0.05, 0) is 6.42 Å². The van der Waals surface area contributed by atoms with Crippen LogP contribution in [0.2, 0.25) is 0 Å². The average molecular weight is 213 g/mol. The van der Waals surface area contributed by atoms with Crippen LogP contribution in [0.25, 0.3) is 0 Å². The number of hydrogen-bond acceptors (Lipinski definition) is 3. The number of amides is 2. The van der Waals surface area contributed by atoms with Crippen LogP contribution in [0.5, 0.6) is 0 Å². The highest BCUT2D eigenvalue weighted by molar-refractivity contribution is 5.82. The highest BCUT2D eigenvalue weighted by Crippen LogP contribution is 2.15. The molecule has 0 spiro atoms. The fraction of sp³-hybridized carbons (Fsp3) is 0.800. The SMILES string of the molecule is CC(C)NCC(=O)N1CCC(C(N)=O)C1. The molecule has 0 bridgehead atoms. The molecule has 1 aliphatic heterocycles. The molecule has 5 nitrogen and oxygen atoms in total. The van der Waals surface area contributed by atoms with E-state index in [1.807, 2.05) is 13.8 Å². The van der Waals surface area contributed by atoms with Gasteiger partial charge in [-0.25, -0.2) is 0 Å². The van der Waals surface area contributed by atoms with Crippen LogP contribution in [0.15, 0.2) is 0 Å². The third kappa shape index (κ3) is 3.51. The summed E-state index contributed by atoms with van der Waals surface area (Å²) in [6.45, 7) is 5.44. The Bertz CT molecular complexity index is 253. The van der Waals surface area contributed by atoms with Gasteiger partial charge in [0.2, 0.25) is 11.8 Å². The summed E-state index contributed by atoms with van der Waals surface area (Å²) in [7, 11) is 0. The Morgan fingerprint density at radius 3 is 2.67 bits per heavy atom. The molecular formula is C10H19N3O2. The van der Waals surface area contributed by atoms with E-state index in [1.54, 1.807) is 4.90 Å². The predicted octanol–water partition coefficient (Wildman–Crippen LogP) is -0.682. The molecule has 0 radical (unpaired) electrons. The van der Waals surface area contributed by atoms with Crippen molar-refractivity contribution in [3.05, 3.63) is 0 Å². The third-order valence-electron chi connectivity index (χ3n) is 2.60. The molecule has 0 aromatic carbocycles. The average Bonchev–Trinajstić information content (AvgIpc) is 2.62. The fourth-order valence-electron chi connectivity index (χ4n) is 1.62. The van der Waals surface area contributed by atoms with Gasteiger partial charge in [0.15, 0.2) is 0 Å². The molecule has 2 amide bonds. The van der Waals surface area contributed by atoms with E-state index < -0.39 is 0 Å². The summed E-state index contributed by atoms with van der Waals surface area (Å²) in [4.78, 5) is 24.2. The lowest BCUT2D eigenvalue weighted by Crippen LogP contribution is -2.39. The van der Waals surface area contributed by atoms with E-state index in [0.717, 1.165) is 0 Å². The van der Waals surface area contributed by atoms with Gasteiger partial charge >= 0.3 is 0 Å². The van der Waals surface area contributed by atoms with E-state index >= 15 is 0 Å². The lowest BCUT2D eigenvalue weighted by molar-refractivity contribution is -0.129. The molecule has 86 valence electrons. The summed E-state index contributed by atoms with van der Waals surface area (Å²) >= 11 is 0. The Labute approximate surface area is 90.0 Å².